The second-order valence-electron chi connectivity index (χ2n) is 6.69. The molecule has 1 aromatic heterocycles. The fourth-order valence-electron chi connectivity index (χ4n) is 3.13. The van der Waals surface area contributed by atoms with Gasteiger partial charge in [-0.15, -0.1) is 0 Å². The molecule has 2 aromatic carbocycles. The van der Waals surface area contributed by atoms with Crippen LogP contribution in [0.2, 0.25) is 0 Å². The number of unbranched alkanes of at least 4 members (excludes halogenated alkanes) is 2. The fourth-order valence-corrected chi connectivity index (χ4v) is 3.13. The minimum Gasteiger partial charge on any atom is -0.497 e. The Morgan fingerprint density at radius 3 is 2.69 bits per heavy atom. The number of aryl methyl sites for hydroxylation is 1. The van der Waals surface area contributed by atoms with E-state index in [4.69, 9.17) is 9.47 Å². The third-order valence-corrected chi connectivity index (χ3v) is 4.72. The van der Waals surface area contributed by atoms with Crippen LogP contribution in [0.5, 0.6) is 11.5 Å². The second-order valence-corrected chi connectivity index (χ2v) is 6.69. The van der Waals surface area contributed by atoms with Gasteiger partial charge in [0.25, 0.3) is 5.56 Å². The number of hydrogen-bond donors (Lipinski definition) is 1. The van der Waals surface area contributed by atoms with Crippen molar-refractivity contribution < 1.29 is 14.3 Å². The number of methoxy groups -OCH3 is 2. The molecule has 0 aliphatic rings. The number of nitrogens with one attached hydrogen (secondary N) is 1. The lowest BCUT2D eigenvalue weighted by molar-refractivity contribution is -0.116. The molecule has 0 saturated heterocycles. The molecule has 7 heteroatoms. The van der Waals surface area contributed by atoms with E-state index < -0.39 is 0 Å². The van der Waals surface area contributed by atoms with Crippen LogP contribution >= 0.6 is 0 Å². The van der Waals surface area contributed by atoms with Gasteiger partial charge in [0, 0.05) is 19.0 Å². The van der Waals surface area contributed by atoms with E-state index in [0.717, 1.165) is 19.3 Å². The summed E-state index contributed by atoms with van der Waals surface area (Å²) in [5.74, 6) is 1.15. The lowest BCUT2D eigenvalue weighted by atomic mass is 10.1. The van der Waals surface area contributed by atoms with E-state index in [1.807, 2.05) is 18.2 Å². The van der Waals surface area contributed by atoms with Gasteiger partial charge in [-0.3, -0.25) is 14.2 Å². The largest absolute Gasteiger partial charge is 0.497 e. The summed E-state index contributed by atoms with van der Waals surface area (Å²) < 4.78 is 12.1. The first kappa shape index (κ1) is 20.4. The van der Waals surface area contributed by atoms with Crippen molar-refractivity contribution in [3.05, 3.63) is 59.1 Å². The number of rotatable bonds is 9. The minimum absolute atomic E-state index is 0.0292. The number of fused-ring (bicyclic) bond motifs is 1. The quantitative estimate of drug-likeness (QED) is 0.560. The zero-order valence-electron chi connectivity index (χ0n) is 16.7. The first-order valence-electron chi connectivity index (χ1n) is 9.58. The third-order valence-electron chi connectivity index (χ3n) is 4.72. The van der Waals surface area contributed by atoms with Crippen LogP contribution in [0.15, 0.2) is 53.6 Å². The van der Waals surface area contributed by atoms with E-state index in [-0.39, 0.29) is 11.5 Å². The van der Waals surface area contributed by atoms with Gasteiger partial charge in [0.15, 0.2) is 0 Å². The Morgan fingerprint density at radius 1 is 1.07 bits per heavy atom. The van der Waals surface area contributed by atoms with Crippen LogP contribution in [-0.2, 0) is 11.3 Å². The third kappa shape index (κ3) is 5.13. The Balaban J connectivity index is 1.47. The Kier molecular flexibility index (Phi) is 6.84. The van der Waals surface area contributed by atoms with Crippen LogP contribution in [0.1, 0.15) is 25.7 Å². The molecule has 0 aliphatic heterocycles. The monoisotopic (exact) mass is 395 g/mol. The normalized spacial score (nSPS) is 10.7. The number of aromatic nitrogens is 2. The average Bonchev–Trinajstić information content (AvgIpc) is 2.75. The van der Waals surface area contributed by atoms with Crippen molar-refractivity contribution in [1.29, 1.82) is 0 Å². The Hall–Kier alpha value is -3.35. The SMILES string of the molecule is COc1ccc(OC)c(NC(=O)CCCCCn2cnc3ccccc3c2=O)c1. The zero-order chi connectivity index (χ0) is 20.6. The van der Waals surface area contributed by atoms with E-state index in [9.17, 15) is 9.59 Å². The number of benzene rings is 2. The summed E-state index contributed by atoms with van der Waals surface area (Å²) >= 11 is 0. The van der Waals surface area contributed by atoms with Gasteiger partial charge in [-0.05, 0) is 37.1 Å². The van der Waals surface area contributed by atoms with Crippen molar-refractivity contribution in [3.63, 3.8) is 0 Å². The number of hydrogen-bond acceptors (Lipinski definition) is 5. The molecular formula is C22H25N3O4. The Morgan fingerprint density at radius 2 is 1.90 bits per heavy atom. The smallest absolute Gasteiger partial charge is 0.261 e. The molecule has 0 fully saturated rings. The molecule has 0 bridgehead atoms. The summed E-state index contributed by atoms with van der Waals surface area (Å²) in [6.45, 7) is 0.585. The van der Waals surface area contributed by atoms with Crippen LogP contribution in [0.4, 0.5) is 5.69 Å². The first-order chi connectivity index (χ1) is 14.1. The highest BCUT2D eigenvalue weighted by Gasteiger charge is 2.09. The van der Waals surface area contributed by atoms with Crippen molar-refractivity contribution in [3.8, 4) is 11.5 Å². The number of anilines is 1. The predicted octanol–water partition coefficient (Wildman–Crippen LogP) is 3.61. The van der Waals surface area contributed by atoms with Crippen LogP contribution in [0, 0.1) is 0 Å². The summed E-state index contributed by atoms with van der Waals surface area (Å²) in [6, 6.07) is 12.6. The van der Waals surface area contributed by atoms with Gasteiger partial charge in [-0.1, -0.05) is 18.6 Å². The van der Waals surface area contributed by atoms with E-state index in [2.05, 4.69) is 10.3 Å². The highest BCUT2D eigenvalue weighted by molar-refractivity contribution is 5.92. The van der Waals surface area contributed by atoms with Crippen LogP contribution in [0.25, 0.3) is 10.9 Å². The molecule has 7 nitrogen and oxygen atoms in total. The summed E-state index contributed by atoms with van der Waals surface area (Å²) in [5.41, 5.74) is 1.27. The maximum Gasteiger partial charge on any atom is 0.261 e. The first-order valence-corrected chi connectivity index (χ1v) is 9.58. The molecule has 3 aromatic rings. The van der Waals surface area contributed by atoms with Crippen LogP contribution in [-0.4, -0.2) is 29.7 Å². The maximum atomic E-state index is 12.5. The highest BCUT2D eigenvalue weighted by Crippen LogP contribution is 2.29. The van der Waals surface area contributed by atoms with Crippen molar-refractivity contribution in [2.45, 2.75) is 32.2 Å². The molecule has 0 aliphatic carbocycles. The standard InChI is InChI=1S/C22H25N3O4/c1-28-16-11-12-20(29-2)19(14-16)24-21(26)10-4-3-7-13-25-15-23-18-9-6-5-8-17(18)22(25)27/h5-6,8-9,11-12,14-15H,3-4,7,10,13H2,1-2H3,(H,24,26). The number of carbonyl (C=O) groups excluding carboxylic acids is 1. The van der Waals surface area contributed by atoms with E-state index in [0.29, 0.717) is 41.1 Å². The van der Waals surface area contributed by atoms with Gasteiger partial charge >= 0.3 is 0 Å². The van der Waals surface area contributed by atoms with Crippen molar-refractivity contribution in [2.75, 3.05) is 19.5 Å². The molecule has 0 radical (unpaired) electrons. The van der Waals surface area contributed by atoms with Gasteiger partial charge in [0.1, 0.15) is 11.5 Å². The molecule has 29 heavy (non-hydrogen) atoms. The number of para-hydroxylation sites is 1. The number of amides is 1. The van der Waals surface area contributed by atoms with E-state index in [1.165, 1.54) is 0 Å². The summed E-state index contributed by atoms with van der Waals surface area (Å²) in [7, 11) is 3.13. The van der Waals surface area contributed by atoms with E-state index >= 15 is 0 Å². The minimum atomic E-state index is -0.0823. The molecule has 0 spiro atoms. The fraction of sp³-hybridized carbons (Fsp3) is 0.318. The van der Waals surface area contributed by atoms with Crippen molar-refractivity contribution in [2.24, 2.45) is 0 Å². The zero-order valence-corrected chi connectivity index (χ0v) is 16.7. The highest BCUT2D eigenvalue weighted by atomic mass is 16.5. The molecule has 152 valence electrons. The second kappa shape index (κ2) is 9.73. The number of ether oxygens (including phenoxy) is 2. The average molecular weight is 395 g/mol. The van der Waals surface area contributed by atoms with Gasteiger partial charge < -0.3 is 14.8 Å². The lowest BCUT2D eigenvalue weighted by Crippen LogP contribution is -2.20. The molecular weight excluding hydrogens is 370 g/mol. The Labute approximate surface area is 169 Å². The van der Waals surface area contributed by atoms with Crippen molar-refractivity contribution in [1.82, 2.24) is 9.55 Å². The molecule has 0 saturated carbocycles. The maximum absolute atomic E-state index is 12.5. The molecule has 1 amide bonds. The van der Waals surface area contributed by atoms with Crippen molar-refractivity contribution >= 4 is 22.5 Å². The predicted molar refractivity (Wildman–Crippen MR) is 113 cm³/mol. The summed E-state index contributed by atoms with van der Waals surface area (Å²) in [4.78, 5) is 29.0. The molecule has 0 atom stereocenters. The number of carbonyl (C=O) groups is 1. The summed E-state index contributed by atoms with van der Waals surface area (Å²) in [6.07, 6.45) is 4.35. The summed E-state index contributed by atoms with van der Waals surface area (Å²) in [5, 5.41) is 3.49. The number of nitrogens with zero attached hydrogens (tertiary/aromatic N) is 2. The molecule has 0 unspecified atom stereocenters. The van der Waals surface area contributed by atoms with Gasteiger partial charge in [0.05, 0.1) is 37.1 Å². The molecule has 1 heterocycles. The molecule has 1 N–H and O–H groups in total. The van der Waals surface area contributed by atoms with Crippen LogP contribution in [0.3, 0.4) is 0 Å². The molecule has 3 rings (SSSR count). The topological polar surface area (TPSA) is 82.4 Å². The van der Waals surface area contributed by atoms with Crippen LogP contribution < -0.4 is 20.3 Å². The lowest BCUT2D eigenvalue weighted by Gasteiger charge is -2.12. The van der Waals surface area contributed by atoms with Gasteiger partial charge in [0.2, 0.25) is 5.91 Å². The van der Waals surface area contributed by atoms with Gasteiger partial charge in [-0.25, -0.2) is 4.98 Å². The van der Waals surface area contributed by atoms with Gasteiger partial charge in [-0.2, -0.15) is 0 Å². The van der Waals surface area contributed by atoms with E-state index in [1.54, 1.807) is 49.4 Å². The Bertz CT molecular complexity index is 1050.